The number of ketones is 1. The molecule has 4 rings (SSSR count). The second-order valence-corrected chi connectivity index (χ2v) is 11.5. The first kappa shape index (κ1) is 41.1. The fourth-order valence-electron chi connectivity index (χ4n) is 4.68. The van der Waals surface area contributed by atoms with Crippen molar-refractivity contribution in [3.8, 4) is 0 Å². The molecule has 16 nitrogen and oxygen atoms in total. The number of aromatic nitrogens is 3. The van der Waals surface area contributed by atoms with Gasteiger partial charge in [0, 0.05) is 60.9 Å². The number of nitrogens with zero attached hydrogens (tertiary/aromatic N) is 6. The summed E-state index contributed by atoms with van der Waals surface area (Å²) in [6.07, 6.45) is 1.07. The fourth-order valence-corrected chi connectivity index (χ4v) is 4.68. The number of nitrogens with one attached hydrogen (secondary N) is 4. The Morgan fingerprint density at radius 1 is 0.685 bits per heavy atom. The van der Waals surface area contributed by atoms with Crippen LogP contribution in [-0.2, 0) is 25.5 Å². The second kappa shape index (κ2) is 24.5. The van der Waals surface area contributed by atoms with Crippen molar-refractivity contribution in [2.45, 2.75) is 19.4 Å². The van der Waals surface area contributed by atoms with Crippen LogP contribution < -0.4 is 21.3 Å². The van der Waals surface area contributed by atoms with E-state index in [4.69, 9.17) is 24.5 Å². The SMILES string of the molecule is [N-]=[N+]=NCCOCCOCCNC(=O)c1ccc(Nc2nc(NCCOCCOCCCC(=O)c3ccccc3)nc(NCc3ccc(F)cc3)n2)cc1. The molecule has 0 aliphatic rings. The maximum atomic E-state index is 13.4. The monoisotopic (exact) mass is 744 g/mol. The Bertz CT molecular complexity index is 1750. The third-order valence-electron chi connectivity index (χ3n) is 7.40. The molecule has 17 heteroatoms. The van der Waals surface area contributed by atoms with Gasteiger partial charge in [0.15, 0.2) is 5.78 Å². The van der Waals surface area contributed by atoms with Crippen molar-refractivity contribution >= 4 is 35.2 Å². The van der Waals surface area contributed by atoms with Gasteiger partial charge in [-0.2, -0.15) is 15.0 Å². The van der Waals surface area contributed by atoms with Crippen molar-refractivity contribution in [2.75, 3.05) is 88.4 Å². The van der Waals surface area contributed by atoms with Gasteiger partial charge in [-0.05, 0) is 53.9 Å². The van der Waals surface area contributed by atoms with Gasteiger partial charge in [0.2, 0.25) is 17.8 Å². The molecule has 3 aromatic carbocycles. The van der Waals surface area contributed by atoms with Crippen LogP contribution in [0.1, 0.15) is 39.1 Å². The van der Waals surface area contributed by atoms with Crippen molar-refractivity contribution in [2.24, 2.45) is 5.11 Å². The van der Waals surface area contributed by atoms with Gasteiger partial charge in [-0.25, -0.2) is 4.39 Å². The number of azide groups is 1. The Hall–Kier alpha value is -5.71. The Kier molecular flexibility index (Phi) is 18.6. The molecule has 0 spiro atoms. The average Bonchev–Trinajstić information content (AvgIpc) is 3.19. The van der Waals surface area contributed by atoms with E-state index in [9.17, 15) is 14.0 Å². The number of rotatable bonds is 27. The van der Waals surface area contributed by atoms with Gasteiger partial charge in [-0.15, -0.1) is 0 Å². The van der Waals surface area contributed by atoms with Crippen LogP contribution in [-0.4, -0.2) is 99.1 Å². The van der Waals surface area contributed by atoms with Gasteiger partial charge in [0.05, 0.1) is 46.2 Å². The lowest BCUT2D eigenvalue weighted by molar-refractivity contribution is 0.0497. The molecule has 54 heavy (non-hydrogen) atoms. The first-order valence-corrected chi connectivity index (χ1v) is 17.5. The first-order chi connectivity index (χ1) is 26.5. The van der Waals surface area contributed by atoms with Gasteiger partial charge >= 0.3 is 0 Å². The largest absolute Gasteiger partial charge is 0.379 e. The number of benzene rings is 3. The predicted molar refractivity (Wildman–Crippen MR) is 201 cm³/mol. The third kappa shape index (κ3) is 16.3. The normalized spacial score (nSPS) is 10.7. The molecule has 4 N–H and O–H groups in total. The molecule has 1 heterocycles. The summed E-state index contributed by atoms with van der Waals surface area (Å²) in [5, 5.41) is 15.6. The van der Waals surface area contributed by atoms with Crippen molar-refractivity contribution < 1.29 is 32.9 Å². The minimum Gasteiger partial charge on any atom is -0.379 e. The number of anilines is 4. The zero-order chi connectivity index (χ0) is 38.1. The van der Waals surface area contributed by atoms with E-state index in [1.54, 1.807) is 36.4 Å². The summed E-state index contributed by atoms with van der Waals surface area (Å²) >= 11 is 0. The van der Waals surface area contributed by atoms with Gasteiger partial charge in [0.1, 0.15) is 5.82 Å². The fraction of sp³-hybridized carbons (Fsp3) is 0.378. The first-order valence-electron chi connectivity index (χ1n) is 17.5. The quantitative estimate of drug-likeness (QED) is 0.0195. The van der Waals surface area contributed by atoms with Gasteiger partial charge in [-0.3, -0.25) is 9.59 Å². The summed E-state index contributed by atoms with van der Waals surface area (Å²) < 4.78 is 35.4. The third-order valence-corrected chi connectivity index (χ3v) is 7.40. The van der Waals surface area contributed by atoms with Crippen molar-refractivity contribution in [1.29, 1.82) is 0 Å². The van der Waals surface area contributed by atoms with E-state index in [-0.39, 0.29) is 35.9 Å². The standard InChI is InChI=1S/C37H45FN10O6/c38-31-12-8-28(9-13-31)27-42-36-45-35(41-17-21-53-24-23-51-19-4-7-33(49)29-5-2-1-3-6-29)46-37(47-36)44-32-14-10-30(11-15-32)34(50)40-16-20-52-25-26-54-22-18-43-48-39/h1-3,5-6,8-15H,4,7,16-27H2,(H,40,50)(H3,41,42,44,45,46,47). The number of carbonyl (C=O) groups is 2. The molecule has 4 aromatic rings. The van der Waals surface area contributed by atoms with Gasteiger partial charge in [-0.1, -0.05) is 47.6 Å². The molecular weight excluding hydrogens is 699 g/mol. The summed E-state index contributed by atoms with van der Waals surface area (Å²) in [7, 11) is 0. The molecule has 0 unspecified atom stereocenters. The molecule has 0 bridgehead atoms. The average molecular weight is 745 g/mol. The van der Waals surface area contributed by atoms with Crippen molar-refractivity contribution in [3.63, 3.8) is 0 Å². The summed E-state index contributed by atoms with van der Waals surface area (Å²) in [5.74, 6) is 0.373. The molecule has 286 valence electrons. The summed E-state index contributed by atoms with van der Waals surface area (Å²) in [4.78, 5) is 40.9. The maximum absolute atomic E-state index is 13.4. The molecule has 0 aliphatic carbocycles. The van der Waals surface area contributed by atoms with E-state index in [1.807, 2.05) is 30.3 Å². The molecule has 0 radical (unpaired) electrons. The van der Waals surface area contributed by atoms with Crippen molar-refractivity contribution in [3.05, 3.63) is 112 Å². The van der Waals surface area contributed by atoms with E-state index in [0.717, 1.165) is 5.56 Å². The number of carbonyl (C=O) groups excluding carboxylic acids is 2. The highest BCUT2D eigenvalue weighted by Crippen LogP contribution is 2.17. The van der Waals surface area contributed by atoms with Crippen LogP contribution in [0.4, 0.5) is 27.9 Å². The second-order valence-electron chi connectivity index (χ2n) is 11.5. The molecule has 0 saturated carbocycles. The Morgan fingerprint density at radius 2 is 1.31 bits per heavy atom. The zero-order valence-electron chi connectivity index (χ0n) is 29.9. The van der Waals surface area contributed by atoms with Crippen LogP contribution in [0.5, 0.6) is 0 Å². The van der Waals surface area contributed by atoms with E-state index in [2.05, 4.69) is 46.2 Å². The van der Waals surface area contributed by atoms with Crippen LogP contribution in [0.25, 0.3) is 10.4 Å². The summed E-state index contributed by atoms with van der Waals surface area (Å²) in [5.41, 5.74) is 10.9. The Labute approximate surface area is 312 Å². The van der Waals surface area contributed by atoms with E-state index in [1.165, 1.54) is 12.1 Å². The highest BCUT2D eigenvalue weighted by molar-refractivity contribution is 5.96. The number of hydrogen-bond acceptors (Lipinski definition) is 13. The Morgan fingerprint density at radius 3 is 2.02 bits per heavy atom. The lowest BCUT2D eigenvalue weighted by Crippen LogP contribution is -2.27. The minimum atomic E-state index is -0.322. The van der Waals surface area contributed by atoms with Crippen LogP contribution in [0.2, 0.25) is 0 Å². The van der Waals surface area contributed by atoms with Crippen molar-refractivity contribution in [1.82, 2.24) is 20.3 Å². The molecular formula is C37H45FN10O6. The highest BCUT2D eigenvalue weighted by atomic mass is 19.1. The van der Waals surface area contributed by atoms with Crippen LogP contribution in [0.3, 0.4) is 0 Å². The molecule has 1 aromatic heterocycles. The summed E-state index contributed by atoms with van der Waals surface area (Å²) in [6, 6.07) is 22.1. The predicted octanol–water partition coefficient (Wildman–Crippen LogP) is 5.55. The van der Waals surface area contributed by atoms with Crippen LogP contribution in [0, 0.1) is 5.82 Å². The molecule has 0 atom stereocenters. The van der Waals surface area contributed by atoms with Crippen LogP contribution in [0.15, 0.2) is 84.0 Å². The van der Waals surface area contributed by atoms with E-state index >= 15 is 0 Å². The molecule has 0 saturated heterocycles. The lowest BCUT2D eigenvalue weighted by atomic mass is 10.1. The number of amides is 1. The molecule has 0 aliphatic heterocycles. The topological polar surface area (TPSA) is 207 Å². The molecule has 1 amide bonds. The smallest absolute Gasteiger partial charge is 0.251 e. The Balaban J connectivity index is 1.20. The number of Topliss-reactive ketones (excluding diaryl/α,β-unsaturated/α-hetero) is 1. The van der Waals surface area contributed by atoms with Gasteiger partial charge in [0.25, 0.3) is 5.91 Å². The molecule has 0 fully saturated rings. The summed E-state index contributed by atoms with van der Waals surface area (Å²) in [6.45, 7) is 4.36. The minimum absolute atomic E-state index is 0.101. The number of halogens is 1. The van der Waals surface area contributed by atoms with E-state index in [0.29, 0.717) is 108 Å². The van der Waals surface area contributed by atoms with E-state index < -0.39 is 0 Å². The van der Waals surface area contributed by atoms with Gasteiger partial charge < -0.3 is 40.2 Å². The van der Waals surface area contributed by atoms with Crippen LogP contribution >= 0.6 is 0 Å². The zero-order valence-corrected chi connectivity index (χ0v) is 29.9. The number of hydrogen-bond donors (Lipinski definition) is 4. The maximum Gasteiger partial charge on any atom is 0.251 e. The number of ether oxygens (including phenoxy) is 4. The lowest BCUT2D eigenvalue weighted by Gasteiger charge is -2.12. The highest BCUT2D eigenvalue weighted by Gasteiger charge is 2.10.